The van der Waals surface area contributed by atoms with Crippen LogP contribution in [0.5, 0.6) is 0 Å². The van der Waals surface area contributed by atoms with Gasteiger partial charge in [0.25, 0.3) is 0 Å². The van der Waals surface area contributed by atoms with Crippen molar-refractivity contribution in [1.29, 1.82) is 0 Å². The van der Waals surface area contributed by atoms with Crippen molar-refractivity contribution in [2.24, 2.45) is 0 Å². The minimum Gasteiger partial charge on any atom is -0.353 e. The fourth-order valence-corrected chi connectivity index (χ4v) is 3.25. The lowest BCUT2D eigenvalue weighted by atomic mass is 10.1. The molecular weight excluding hydrogens is 323 g/mol. The van der Waals surface area contributed by atoms with E-state index in [0.29, 0.717) is 14.4 Å². The topological polar surface area (TPSA) is 46.1 Å². The zero-order valence-corrected chi connectivity index (χ0v) is 12.6. The molecule has 9 heteroatoms. The third-order valence-electron chi connectivity index (χ3n) is 2.44. The Morgan fingerprint density at radius 1 is 1.29 bits per heavy atom. The highest BCUT2D eigenvalue weighted by Crippen LogP contribution is 2.37. The number of carbonyl (C=O) groups excluding carboxylic acids is 1. The molecule has 0 fully saturated rings. The molecule has 2 rings (SSSR count). The van der Waals surface area contributed by atoms with E-state index in [4.69, 9.17) is 0 Å². The maximum Gasteiger partial charge on any atom is 0.417 e. The van der Waals surface area contributed by atoms with E-state index in [1.165, 1.54) is 17.4 Å². The predicted molar refractivity (Wildman–Crippen MR) is 75.2 cm³/mol. The summed E-state index contributed by atoms with van der Waals surface area (Å²) in [6, 6.07) is 3.57. The first-order valence-corrected chi connectivity index (χ1v) is 7.29. The van der Waals surface area contributed by atoms with Crippen LogP contribution in [-0.2, 0) is 6.18 Å². The number of nitrogens with zero attached hydrogens (tertiary/aromatic N) is 3. The molecule has 0 unspecified atom stereocenters. The standard InChI is InChI=1S/C12H10F3N3OS2/c1-18(2)10-16-17-11(21-10)20-8-4-3-7(6-19)9(5-8)12(13,14)15/h3-6H,1-2H3. The van der Waals surface area contributed by atoms with Crippen molar-refractivity contribution in [2.45, 2.75) is 15.4 Å². The van der Waals surface area contributed by atoms with Crippen molar-refractivity contribution in [1.82, 2.24) is 10.2 Å². The molecule has 0 radical (unpaired) electrons. The molecular formula is C12H10F3N3OS2. The van der Waals surface area contributed by atoms with Crippen molar-refractivity contribution >= 4 is 34.5 Å². The molecule has 4 nitrogen and oxygen atoms in total. The van der Waals surface area contributed by atoms with Crippen molar-refractivity contribution in [3.05, 3.63) is 29.3 Å². The SMILES string of the molecule is CN(C)c1nnc(Sc2ccc(C=O)c(C(F)(F)F)c2)s1. The monoisotopic (exact) mass is 333 g/mol. The Kier molecular flexibility index (Phi) is 4.52. The highest BCUT2D eigenvalue weighted by atomic mass is 32.2. The number of hydrogen-bond donors (Lipinski definition) is 0. The van der Waals surface area contributed by atoms with Crippen LogP contribution in [0.3, 0.4) is 0 Å². The Morgan fingerprint density at radius 2 is 2.00 bits per heavy atom. The molecule has 1 heterocycles. The Hall–Kier alpha value is -1.61. The summed E-state index contributed by atoms with van der Waals surface area (Å²) in [4.78, 5) is 12.8. The maximum atomic E-state index is 12.9. The van der Waals surface area contributed by atoms with Crippen molar-refractivity contribution in [3.8, 4) is 0 Å². The minimum atomic E-state index is -4.57. The summed E-state index contributed by atoms with van der Waals surface area (Å²) in [5.41, 5.74) is -1.32. The van der Waals surface area contributed by atoms with Crippen LogP contribution in [0.2, 0.25) is 0 Å². The van der Waals surface area contributed by atoms with E-state index in [-0.39, 0.29) is 11.8 Å². The van der Waals surface area contributed by atoms with Gasteiger partial charge in [0.2, 0.25) is 5.13 Å². The molecule has 21 heavy (non-hydrogen) atoms. The van der Waals surface area contributed by atoms with Gasteiger partial charge in [0, 0.05) is 24.6 Å². The van der Waals surface area contributed by atoms with Crippen LogP contribution in [-0.4, -0.2) is 30.6 Å². The van der Waals surface area contributed by atoms with E-state index in [1.807, 2.05) is 0 Å². The Balaban J connectivity index is 2.30. The molecule has 0 saturated carbocycles. The highest BCUT2D eigenvalue weighted by Gasteiger charge is 2.33. The lowest BCUT2D eigenvalue weighted by Crippen LogP contribution is -2.08. The van der Waals surface area contributed by atoms with Gasteiger partial charge in [-0.25, -0.2) is 0 Å². The number of carbonyl (C=O) groups is 1. The fourth-order valence-electron chi connectivity index (χ4n) is 1.47. The number of rotatable bonds is 4. The van der Waals surface area contributed by atoms with Crippen LogP contribution in [0.15, 0.2) is 27.4 Å². The van der Waals surface area contributed by atoms with Crippen LogP contribution in [0, 0.1) is 0 Å². The van der Waals surface area contributed by atoms with Crippen LogP contribution >= 0.6 is 23.1 Å². The average Bonchev–Trinajstić information content (AvgIpc) is 2.86. The van der Waals surface area contributed by atoms with Gasteiger partial charge < -0.3 is 4.90 Å². The first-order chi connectivity index (χ1) is 9.81. The van der Waals surface area contributed by atoms with Crippen molar-refractivity contribution < 1.29 is 18.0 Å². The Bertz CT molecular complexity index is 655. The maximum absolute atomic E-state index is 12.9. The average molecular weight is 333 g/mol. The molecule has 0 amide bonds. The number of halogens is 3. The van der Waals surface area contributed by atoms with Crippen LogP contribution in [0.1, 0.15) is 15.9 Å². The molecule has 0 aliphatic heterocycles. The van der Waals surface area contributed by atoms with Gasteiger partial charge in [-0.1, -0.05) is 23.1 Å². The van der Waals surface area contributed by atoms with Gasteiger partial charge in [0.15, 0.2) is 10.6 Å². The second-order valence-electron chi connectivity index (χ2n) is 4.21. The van der Waals surface area contributed by atoms with Gasteiger partial charge in [-0.05, 0) is 18.2 Å². The zero-order valence-electron chi connectivity index (χ0n) is 11.0. The number of anilines is 1. The summed E-state index contributed by atoms with van der Waals surface area (Å²) in [6.07, 6.45) is -4.37. The molecule has 0 aliphatic rings. The normalized spacial score (nSPS) is 11.5. The highest BCUT2D eigenvalue weighted by molar-refractivity contribution is 8.01. The summed E-state index contributed by atoms with van der Waals surface area (Å²) >= 11 is 2.35. The number of alkyl halides is 3. The van der Waals surface area contributed by atoms with Gasteiger partial charge in [0.05, 0.1) is 5.56 Å². The van der Waals surface area contributed by atoms with Gasteiger partial charge in [-0.2, -0.15) is 13.2 Å². The zero-order chi connectivity index (χ0) is 15.6. The van der Waals surface area contributed by atoms with Crippen molar-refractivity contribution in [2.75, 3.05) is 19.0 Å². The van der Waals surface area contributed by atoms with Gasteiger partial charge >= 0.3 is 6.18 Å². The first kappa shape index (κ1) is 15.8. The lowest BCUT2D eigenvalue weighted by molar-refractivity contribution is -0.138. The number of aldehydes is 1. The summed E-state index contributed by atoms with van der Waals surface area (Å²) < 4.78 is 39.1. The van der Waals surface area contributed by atoms with Crippen LogP contribution in [0.4, 0.5) is 18.3 Å². The predicted octanol–water partition coefficient (Wildman–Crippen LogP) is 3.59. The summed E-state index contributed by atoms with van der Waals surface area (Å²) in [5.74, 6) is 0. The molecule has 2 aromatic rings. The number of benzene rings is 1. The summed E-state index contributed by atoms with van der Waals surface area (Å²) in [6.45, 7) is 0. The minimum absolute atomic E-state index is 0.201. The Labute approximate surface area is 127 Å². The second-order valence-corrected chi connectivity index (χ2v) is 6.49. The van der Waals surface area contributed by atoms with Gasteiger partial charge in [-0.15, -0.1) is 10.2 Å². The van der Waals surface area contributed by atoms with Crippen LogP contribution in [0.25, 0.3) is 0 Å². The molecule has 0 N–H and O–H groups in total. The molecule has 1 aromatic carbocycles. The molecule has 0 atom stereocenters. The first-order valence-electron chi connectivity index (χ1n) is 5.66. The van der Waals surface area contributed by atoms with Gasteiger partial charge in [-0.3, -0.25) is 4.79 Å². The molecule has 0 aliphatic carbocycles. The van der Waals surface area contributed by atoms with E-state index in [2.05, 4.69) is 10.2 Å². The second kappa shape index (κ2) is 6.02. The van der Waals surface area contributed by atoms with Crippen molar-refractivity contribution in [3.63, 3.8) is 0 Å². The van der Waals surface area contributed by atoms with Crippen LogP contribution < -0.4 is 4.90 Å². The molecule has 0 saturated heterocycles. The fraction of sp³-hybridized carbons (Fsp3) is 0.250. The lowest BCUT2D eigenvalue weighted by Gasteiger charge is -2.10. The Morgan fingerprint density at radius 3 is 2.52 bits per heavy atom. The molecule has 0 spiro atoms. The molecule has 112 valence electrons. The smallest absolute Gasteiger partial charge is 0.353 e. The summed E-state index contributed by atoms with van der Waals surface area (Å²) in [5, 5.41) is 8.48. The number of aromatic nitrogens is 2. The molecule has 0 bridgehead atoms. The third-order valence-corrected chi connectivity index (χ3v) is 4.57. The van der Waals surface area contributed by atoms with E-state index in [0.717, 1.165) is 23.9 Å². The van der Waals surface area contributed by atoms with E-state index in [9.17, 15) is 18.0 Å². The summed E-state index contributed by atoms with van der Waals surface area (Å²) in [7, 11) is 3.60. The quantitative estimate of drug-likeness (QED) is 0.800. The van der Waals surface area contributed by atoms with Gasteiger partial charge in [0.1, 0.15) is 0 Å². The van der Waals surface area contributed by atoms with E-state index in [1.54, 1.807) is 19.0 Å². The van der Waals surface area contributed by atoms with E-state index >= 15 is 0 Å². The molecule has 1 aromatic heterocycles. The largest absolute Gasteiger partial charge is 0.417 e. The number of hydrogen-bond acceptors (Lipinski definition) is 6. The van der Waals surface area contributed by atoms with E-state index < -0.39 is 11.7 Å². The third kappa shape index (κ3) is 3.73.